The normalized spacial score (nSPS) is 9.78. The summed E-state index contributed by atoms with van der Waals surface area (Å²) in [7, 11) is 0. The zero-order valence-corrected chi connectivity index (χ0v) is 9.84. The van der Waals surface area contributed by atoms with Crippen molar-refractivity contribution in [1.82, 2.24) is 0 Å². The van der Waals surface area contributed by atoms with Gasteiger partial charge in [-0.3, -0.25) is 0 Å². The van der Waals surface area contributed by atoms with Crippen LogP contribution in [0.1, 0.15) is 11.1 Å². The molecule has 2 aromatic carbocycles. The summed E-state index contributed by atoms with van der Waals surface area (Å²) in [4.78, 5) is 0. The van der Waals surface area contributed by atoms with Gasteiger partial charge in [-0.2, -0.15) is 5.26 Å². The van der Waals surface area contributed by atoms with Crippen LogP contribution in [-0.2, 0) is 6.42 Å². The number of aliphatic hydroxyl groups is 1. The molecule has 0 aliphatic rings. The van der Waals surface area contributed by atoms with Crippen molar-refractivity contribution < 1.29 is 9.84 Å². The van der Waals surface area contributed by atoms with Gasteiger partial charge in [0.1, 0.15) is 11.5 Å². The van der Waals surface area contributed by atoms with Crippen molar-refractivity contribution in [2.24, 2.45) is 0 Å². The molecule has 0 spiro atoms. The lowest BCUT2D eigenvalue weighted by atomic mass is 10.1. The molecule has 0 heterocycles. The molecule has 1 N–H and O–H groups in total. The van der Waals surface area contributed by atoms with Gasteiger partial charge in [-0.15, -0.1) is 0 Å². The molecular weight excluding hydrogens is 226 g/mol. The minimum Gasteiger partial charge on any atom is -0.457 e. The molecule has 2 aromatic rings. The average Bonchev–Trinajstić information content (AvgIpc) is 2.42. The monoisotopic (exact) mass is 239 g/mol. The highest BCUT2D eigenvalue weighted by molar-refractivity contribution is 5.39. The van der Waals surface area contributed by atoms with E-state index < -0.39 is 0 Å². The Hall–Kier alpha value is -2.31. The highest BCUT2D eigenvalue weighted by atomic mass is 16.5. The van der Waals surface area contributed by atoms with Crippen LogP contribution in [0, 0.1) is 11.3 Å². The number of benzene rings is 2. The van der Waals surface area contributed by atoms with Gasteiger partial charge in [0.15, 0.2) is 0 Å². The van der Waals surface area contributed by atoms with Crippen molar-refractivity contribution in [1.29, 1.82) is 5.26 Å². The molecule has 0 radical (unpaired) electrons. The maximum Gasteiger partial charge on any atom is 0.128 e. The largest absolute Gasteiger partial charge is 0.457 e. The fourth-order valence-electron chi connectivity index (χ4n) is 1.62. The van der Waals surface area contributed by atoms with Crippen LogP contribution < -0.4 is 4.74 Å². The summed E-state index contributed by atoms with van der Waals surface area (Å²) in [6, 6.07) is 16.6. The minimum absolute atomic E-state index is 0.143. The molecule has 0 aromatic heterocycles. The molecule has 0 saturated carbocycles. The van der Waals surface area contributed by atoms with Crippen LogP contribution in [0.2, 0.25) is 0 Å². The van der Waals surface area contributed by atoms with Crippen molar-refractivity contribution in [2.45, 2.75) is 6.42 Å². The van der Waals surface area contributed by atoms with E-state index in [1.54, 1.807) is 18.2 Å². The topological polar surface area (TPSA) is 53.2 Å². The maximum atomic E-state index is 8.82. The van der Waals surface area contributed by atoms with E-state index >= 15 is 0 Å². The van der Waals surface area contributed by atoms with Gasteiger partial charge in [-0.05, 0) is 42.3 Å². The Labute approximate surface area is 106 Å². The predicted molar refractivity (Wildman–Crippen MR) is 68.5 cm³/mol. The fraction of sp³-hybridized carbons (Fsp3) is 0.133. The Balaban J connectivity index is 2.11. The van der Waals surface area contributed by atoms with Crippen molar-refractivity contribution in [3.8, 4) is 17.6 Å². The van der Waals surface area contributed by atoms with E-state index in [0.717, 1.165) is 5.56 Å². The van der Waals surface area contributed by atoms with Gasteiger partial charge in [0.05, 0.1) is 11.6 Å². The van der Waals surface area contributed by atoms with Crippen LogP contribution in [0.3, 0.4) is 0 Å². The Kier molecular flexibility index (Phi) is 3.95. The number of nitrogens with zero attached hydrogens (tertiary/aromatic N) is 1. The van der Waals surface area contributed by atoms with Crippen molar-refractivity contribution in [2.75, 3.05) is 6.61 Å². The van der Waals surface area contributed by atoms with Crippen LogP contribution in [0.15, 0.2) is 48.5 Å². The van der Waals surface area contributed by atoms with Crippen LogP contribution in [0.4, 0.5) is 0 Å². The lowest BCUT2D eigenvalue weighted by Gasteiger charge is -2.06. The van der Waals surface area contributed by atoms with Gasteiger partial charge < -0.3 is 9.84 Å². The van der Waals surface area contributed by atoms with E-state index in [1.807, 2.05) is 30.3 Å². The van der Waals surface area contributed by atoms with Gasteiger partial charge in [0.25, 0.3) is 0 Å². The summed E-state index contributed by atoms with van der Waals surface area (Å²) in [5.41, 5.74) is 1.64. The molecule has 0 amide bonds. The predicted octanol–water partition coefficient (Wildman–Crippen LogP) is 2.89. The van der Waals surface area contributed by atoms with Gasteiger partial charge in [-0.1, -0.05) is 18.2 Å². The molecule has 0 unspecified atom stereocenters. The quantitative estimate of drug-likeness (QED) is 0.892. The lowest BCUT2D eigenvalue weighted by molar-refractivity contribution is 0.299. The number of aliphatic hydroxyl groups excluding tert-OH is 1. The first-order chi connectivity index (χ1) is 8.81. The highest BCUT2D eigenvalue weighted by Crippen LogP contribution is 2.22. The number of ether oxygens (including phenoxy) is 1. The van der Waals surface area contributed by atoms with Crippen LogP contribution in [0.5, 0.6) is 11.5 Å². The number of rotatable bonds is 4. The number of hydrogen-bond donors (Lipinski definition) is 1. The van der Waals surface area contributed by atoms with Gasteiger partial charge >= 0.3 is 0 Å². The molecule has 3 heteroatoms. The average molecular weight is 239 g/mol. The Morgan fingerprint density at radius 1 is 1.06 bits per heavy atom. The van der Waals surface area contributed by atoms with E-state index in [2.05, 4.69) is 6.07 Å². The fourth-order valence-corrected chi connectivity index (χ4v) is 1.62. The second kappa shape index (κ2) is 5.85. The molecule has 3 nitrogen and oxygen atoms in total. The molecule has 0 aliphatic heterocycles. The summed E-state index contributed by atoms with van der Waals surface area (Å²) in [6.45, 7) is 0.143. The first-order valence-electron chi connectivity index (χ1n) is 5.69. The van der Waals surface area contributed by atoms with Gasteiger partial charge in [0.2, 0.25) is 0 Å². The molecule has 0 atom stereocenters. The third kappa shape index (κ3) is 3.09. The lowest BCUT2D eigenvalue weighted by Crippen LogP contribution is -1.90. The van der Waals surface area contributed by atoms with Gasteiger partial charge in [-0.25, -0.2) is 0 Å². The van der Waals surface area contributed by atoms with E-state index in [-0.39, 0.29) is 6.61 Å². The number of nitriles is 1. The molecule has 0 fully saturated rings. The first kappa shape index (κ1) is 12.2. The molecule has 18 heavy (non-hydrogen) atoms. The summed E-state index contributed by atoms with van der Waals surface area (Å²) in [5.74, 6) is 1.36. The zero-order valence-electron chi connectivity index (χ0n) is 9.84. The van der Waals surface area contributed by atoms with Crippen LogP contribution in [-0.4, -0.2) is 11.7 Å². The van der Waals surface area contributed by atoms with Crippen molar-refractivity contribution in [3.05, 3.63) is 59.7 Å². The Morgan fingerprint density at radius 2 is 1.83 bits per heavy atom. The van der Waals surface area contributed by atoms with Crippen molar-refractivity contribution >= 4 is 0 Å². The molecule has 0 bridgehead atoms. The van der Waals surface area contributed by atoms with E-state index in [0.29, 0.717) is 23.5 Å². The zero-order chi connectivity index (χ0) is 12.8. The molecule has 2 rings (SSSR count). The molecule has 90 valence electrons. The summed E-state index contributed by atoms with van der Waals surface area (Å²) in [6.07, 6.45) is 0.643. The summed E-state index contributed by atoms with van der Waals surface area (Å²) >= 11 is 0. The summed E-state index contributed by atoms with van der Waals surface area (Å²) < 4.78 is 5.64. The van der Waals surface area contributed by atoms with E-state index in [4.69, 9.17) is 15.1 Å². The molecule has 0 aliphatic carbocycles. The van der Waals surface area contributed by atoms with Crippen LogP contribution in [0.25, 0.3) is 0 Å². The second-order valence-electron chi connectivity index (χ2n) is 3.86. The summed E-state index contributed by atoms with van der Waals surface area (Å²) in [5, 5.41) is 17.6. The SMILES string of the molecule is N#Cc1cccc(Oc2ccc(CCO)cc2)c1. The molecule has 0 saturated heterocycles. The smallest absolute Gasteiger partial charge is 0.128 e. The third-order valence-electron chi connectivity index (χ3n) is 2.52. The molecular formula is C15H13NO2. The standard InChI is InChI=1S/C15H13NO2/c16-11-13-2-1-3-15(10-13)18-14-6-4-12(5-7-14)8-9-17/h1-7,10,17H,8-9H2. The Morgan fingerprint density at radius 3 is 2.50 bits per heavy atom. The highest BCUT2D eigenvalue weighted by Gasteiger charge is 1.99. The van der Waals surface area contributed by atoms with E-state index in [9.17, 15) is 0 Å². The maximum absolute atomic E-state index is 8.82. The Bertz CT molecular complexity index is 555. The van der Waals surface area contributed by atoms with Crippen LogP contribution >= 0.6 is 0 Å². The second-order valence-corrected chi connectivity index (χ2v) is 3.86. The minimum atomic E-state index is 0.143. The van der Waals surface area contributed by atoms with E-state index in [1.165, 1.54) is 0 Å². The third-order valence-corrected chi connectivity index (χ3v) is 2.52. The number of hydrogen-bond acceptors (Lipinski definition) is 3. The first-order valence-corrected chi connectivity index (χ1v) is 5.69. The van der Waals surface area contributed by atoms with Gasteiger partial charge in [0, 0.05) is 6.61 Å². The van der Waals surface area contributed by atoms with Crippen molar-refractivity contribution in [3.63, 3.8) is 0 Å².